The molecule has 0 aliphatic heterocycles. The molecule has 0 bridgehead atoms. The van der Waals surface area contributed by atoms with Gasteiger partial charge in [-0.2, -0.15) is 0 Å². The molecule has 2 nitrogen and oxygen atoms in total. The van der Waals surface area contributed by atoms with Gasteiger partial charge in [-0.1, -0.05) is 40.9 Å². The minimum Gasteiger partial charge on any atom is -0.322 e. The topological polar surface area (TPSA) is 29.1 Å². The van der Waals surface area contributed by atoms with Crippen molar-refractivity contribution in [2.75, 3.05) is 5.32 Å². The van der Waals surface area contributed by atoms with Crippen LogP contribution < -0.4 is 5.32 Å². The van der Waals surface area contributed by atoms with Gasteiger partial charge in [-0.3, -0.25) is 4.79 Å². The molecule has 0 heterocycles. The molecule has 0 fully saturated rings. The molecule has 0 aliphatic rings. The Balaban J connectivity index is 2.25. The highest BCUT2D eigenvalue weighted by Gasteiger charge is 2.14. The van der Waals surface area contributed by atoms with Crippen molar-refractivity contribution in [3.05, 3.63) is 63.1 Å². The third-order valence-corrected chi connectivity index (χ3v) is 3.17. The number of amides is 1. The first kappa shape index (κ1) is 13.2. The van der Waals surface area contributed by atoms with Gasteiger partial charge in [0.25, 0.3) is 5.91 Å². The van der Waals surface area contributed by atoms with Crippen LogP contribution in [0.15, 0.2) is 42.5 Å². The zero-order chi connectivity index (χ0) is 13.1. The number of carbonyl (C=O) groups excluding carboxylic acids is 1. The average Bonchev–Trinajstić information content (AvgIpc) is 2.32. The van der Waals surface area contributed by atoms with Crippen molar-refractivity contribution < 1.29 is 4.79 Å². The molecule has 0 aliphatic carbocycles. The van der Waals surface area contributed by atoms with Gasteiger partial charge in [-0.25, -0.2) is 0 Å². The fourth-order valence-corrected chi connectivity index (χ4v) is 2.14. The maximum Gasteiger partial charge on any atom is 0.258 e. The average molecular weight is 301 g/mol. The molecule has 0 radical (unpaired) electrons. The zero-order valence-corrected chi connectivity index (χ0v) is 11.4. The highest BCUT2D eigenvalue weighted by atomic mass is 35.5. The molecule has 0 spiro atoms. The second-order valence-electron chi connectivity index (χ2n) is 3.56. The maximum absolute atomic E-state index is 12.0. The van der Waals surface area contributed by atoms with Crippen LogP contribution in [0.3, 0.4) is 0 Å². The summed E-state index contributed by atoms with van der Waals surface area (Å²) in [5, 5.41) is 3.93. The highest BCUT2D eigenvalue weighted by Crippen LogP contribution is 2.25. The van der Waals surface area contributed by atoms with Crippen molar-refractivity contribution in [3.63, 3.8) is 0 Å². The second kappa shape index (κ2) is 5.61. The number of rotatable bonds is 2. The fourth-order valence-electron chi connectivity index (χ4n) is 1.44. The number of benzene rings is 2. The molecule has 0 atom stereocenters. The second-order valence-corrected chi connectivity index (χ2v) is 4.81. The van der Waals surface area contributed by atoms with E-state index in [0.717, 1.165) is 0 Å². The molecule has 0 saturated carbocycles. The number of anilines is 1. The smallest absolute Gasteiger partial charge is 0.258 e. The molecular weight excluding hydrogens is 293 g/mol. The number of hydrogen-bond acceptors (Lipinski definition) is 1. The normalized spacial score (nSPS) is 10.2. The molecule has 2 aromatic rings. The summed E-state index contributed by atoms with van der Waals surface area (Å²) in [6.45, 7) is 0. The molecule has 2 aromatic carbocycles. The van der Waals surface area contributed by atoms with Crippen molar-refractivity contribution in [1.29, 1.82) is 0 Å². The number of carbonyl (C=O) groups is 1. The van der Waals surface area contributed by atoms with Crippen LogP contribution in [0.2, 0.25) is 15.1 Å². The largest absolute Gasteiger partial charge is 0.322 e. The molecule has 1 amide bonds. The standard InChI is InChI=1S/C13H8Cl3NO/c14-8-4-6-9(7-5-8)17-13(18)12-10(15)2-1-3-11(12)16/h1-7H,(H,17,18). The fraction of sp³-hybridized carbons (Fsp3) is 0. The van der Waals surface area contributed by atoms with Crippen LogP contribution in [0.4, 0.5) is 5.69 Å². The van der Waals surface area contributed by atoms with Gasteiger partial charge < -0.3 is 5.32 Å². The van der Waals surface area contributed by atoms with E-state index in [1.807, 2.05) is 0 Å². The summed E-state index contributed by atoms with van der Waals surface area (Å²) >= 11 is 17.7. The van der Waals surface area contributed by atoms with Gasteiger partial charge in [-0.05, 0) is 36.4 Å². The minimum atomic E-state index is -0.354. The van der Waals surface area contributed by atoms with Crippen LogP contribution in [0.25, 0.3) is 0 Å². The number of halogens is 3. The van der Waals surface area contributed by atoms with E-state index in [9.17, 15) is 4.79 Å². The van der Waals surface area contributed by atoms with E-state index < -0.39 is 0 Å². The summed E-state index contributed by atoms with van der Waals surface area (Å²) in [6, 6.07) is 11.7. The van der Waals surface area contributed by atoms with Gasteiger partial charge in [0.1, 0.15) is 0 Å². The number of hydrogen-bond donors (Lipinski definition) is 1. The highest BCUT2D eigenvalue weighted by molar-refractivity contribution is 6.40. The molecular formula is C13H8Cl3NO. The van der Waals surface area contributed by atoms with E-state index in [1.165, 1.54) is 0 Å². The molecule has 5 heteroatoms. The summed E-state index contributed by atoms with van der Waals surface area (Å²) in [5.74, 6) is -0.354. The Morgan fingerprint density at radius 1 is 0.889 bits per heavy atom. The Kier molecular flexibility index (Phi) is 4.12. The first-order valence-corrected chi connectivity index (χ1v) is 6.22. The van der Waals surface area contributed by atoms with Crippen molar-refractivity contribution in [2.24, 2.45) is 0 Å². The van der Waals surface area contributed by atoms with E-state index in [2.05, 4.69) is 5.32 Å². The van der Waals surface area contributed by atoms with Crippen LogP contribution in [-0.4, -0.2) is 5.91 Å². The lowest BCUT2D eigenvalue weighted by molar-refractivity contribution is 0.102. The zero-order valence-electron chi connectivity index (χ0n) is 9.08. The van der Waals surface area contributed by atoms with Crippen LogP contribution in [0, 0.1) is 0 Å². The third-order valence-electron chi connectivity index (χ3n) is 2.29. The van der Waals surface area contributed by atoms with Crippen molar-refractivity contribution in [3.8, 4) is 0 Å². The van der Waals surface area contributed by atoms with E-state index in [-0.39, 0.29) is 11.5 Å². The van der Waals surface area contributed by atoms with E-state index in [4.69, 9.17) is 34.8 Å². The van der Waals surface area contributed by atoms with Crippen molar-refractivity contribution in [2.45, 2.75) is 0 Å². The van der Waals surface area contributed by atoms with Crippen LogP contribution >= 0.6 is 34.8 Å². The maximum atomic E-state index is 12.0. The van der Waals surface area contributed by atoms with Gasteiger partial charge in [0.15, 0.2) is 0 Å². The van der Waals surface area contributed by atoms with Gasteiger partial charge in [0.05, 0.1) is 15.6 Å². The summed E-state index contributed by atoms with van der Waals surface area (Å²) in [6.07, 6.45) is 0. The monoisotopic (exact) mass is 299 g/mol. The van der Waals surface area contributed by atoms with Crippen LogP contribution in [0.1, 0.15) is 10.4 Å². The van der Waals surface area contributed by atoms with Crippen LogP contribution in [0.5, 0.6) is 0 Å². The van der Waals surface area contributed by atoms with Gasteiger partial charge in [0.2, 0.25) is 0 Å². The summed E-state index contributed by atoms with van der Waals surface area (Å²) < 4.78 is 0. The summed E-state index contributed by atoms with van der Waals surface area (Å²) in [7, 11) is 0. The quantitative estimate of drug-likeness (QED) is 0.840. The molecule has 0 saturated heterocycles. The third kappa shape index (κ3) is 2.96. The molecule has 92 valence electrons. The Bertz CT molecular complexity index is 561. The lowest BCUT2D eigenvalue weighted by Crippen LogP contribution is -2.12. The Morgan fingerprint density at radius 3 is 2.00 bits per heavy atom. The molecule has 18 heavy (non-hydrogen) atoms. The van der Waals surface area contributed by atoms with Crippen LogP contribution in [-0.2, 0) is 0 Å². The van der Waals surface area contributed by atoms with Crippen molar-refractivity contribution in [1.82, 2.24) is 0 Å². The summed E-state index contributed by atoms with van der Waals surface area (Å²) in [4.78, 5) is 12.0. The lowest BCUT2D eigenvalue weighted by atomic mass is 10.2. The van der Waals surface area contributed by atoms with Gasteiger partial charge >= 0.3 is 0 Å². The van der Waals surface area contributed by atoms with Crippen molar-refractivity contribution >= 4 is 46.4 Å². The lowest BCUT2D eigenvalue weighted by Gasteiger charge is -2.08. The van der Waals surface area contributed by atoms with Gasteiger partial charge in [-0.15, -0.1) is 0 Å². The molecule has 0 aromatic heterocycles. The first-order valence-electron chi connectivity index (χ1n) is 5.09. The SMILES string of the molecule is O=C(Nc1ccc(Cl)cc1)c1c(Cl)cccc1Cl. The van der Waals surface area contributed by atoms with E-state index >= 15 is 0 Å². The predicted molar refractivity (Wildman–Crippen MR) is 75.9 cm³/mol. The first-order chi connectivity index (χ1) is 8.58. The van der Waals surface area contributed by atoms with E-state index in [0.29, 0.717) is 20.8 Å². The molecule has 2 rings (SSSR count). The number of nitrogens with one attached hydrogen (secondary N) is 1. The Morgan fingerprint density at radius 2 is 1.44 bits per heavy atom. The summed E-state index contributed by atoms with van der Waals surface area (Å²) in [5.41, 5.74) is 0.885. The minimum absolute atomic E-state index is 0.260. The van der Waals surface area contributed by atoms with Gasteiger partial charge in [0, 0.05) is 10.7 Å². The molecule has 0 unspecified atom stereocenters. The Hall–Kier alpha value is -1.22. The predicted octanol–water partition coefficient (Wildman–Crippen LogP) is 4.90. The van der Waals surface area contributed by atoms with E-state index in [1.54, 1.807) is 42.5 Å². The molecule has 1 N–H and O–H groups in total. The Labute approximate surface area is 119 Å².